The summed E-state index contributed by atoms with van der Waals surface area (Å²) in [4.78, 5) is 0. The first kappa shape index (κ1) is 9.92. The predicted molar refractivity (Wildman–Crippen MR) is 41.9 cm³/mol. The molecule has 1 atom stereocenters. The number of ether oxygens (including phenoxy) is 2. The molecule has 0 radical (unpaired) electrons. The summed E-state index contributed by atoms with van der Waals surface area (Å²) in [5.41, 5.74) is 0. The van der Waals surface area contributed by atoms with Crippen molar-refractivity contribution in [2.45, 2.75) is 46.5 Å². The first-order valence-corrected chi connectivity index (χ1v) is 3.93. The van der Waals surface area contributed by atoms with Crippen molar-refractivity contribution in [3.63, 3.8) is 0 Å². The minimum atomic E-state index is -0.0556. The van der Waals surface area contributed by atoms with Crippen LogP contribution in [-0.4, -0.2) is 19.0 Å². The third-order valence-electron chi connectivity index (χ3n) is 1.02. The van der Waals surface area contributed by atoms with Crippen LogP contribution in [0.2, 0.25) is 0 Å². The maximum absolute atomic E-state index is 5.33. The molecule has 0 fully saturated rings. The molecule has 0 aliphatic heterocycles. The van der Waals surface area contributed by atoms with Gasteiger partial charge in [-0.1, -0.05) is 6.92 Å². The van der Waals surface area contributed by atoms with Crippen molar-refractivity contribution in [2.75, 3.05) is 6.61 Å². The number of rotatable bonds is 5. The molecular formula is C8H18O2. The van der Waals surface area contributed by atoms with E-state index in [1.54, 1.807) is 0 Å². The smallest absolute Gasteiger partial charge is 0.155 e. The number of hydrogen-bond acceptors (Lipinski definition) is 2. The van der Waals surface area contributed by atoms with Crippen molar-refractivity contribution in [2.24, 2.45) is 0 Å². The fourth-order valence-corrected chi connectivity index (χ4v) is 0.706. The second-order valence-electron chi connectivity index (χ2n) is 2.62. The standard InChI is InChI=1S/C8H18O2/c1-5-6-9-8(4)10-7(2)3/h7-8H,5-6H2,1-4H3. The van der Waals surface area contributed by atoms with Gasteiger partial charge in [0.25, 0.3) is 0 Å². The van der Waals surface area contributed by atoms with Gasteiger partial charge < -0.3 is 9.47 Å². The van der Waals surface area contributed by atoms with E-state index in [2.05, 4.69) is 6.92 Å². The van der Waals surface area contributed by atoms with Crippen molar-refractivity contribution >= 4 is 0 Å². The first-order valence-electron chi connectivity index (χ1n) is 3.93. The third-order valence-corrected chi connectivity index (χ3v) is 1.02. The van der Waals surface area contributed by atoms with Crippen LogP contribution in [0.15, 0.2) is 0 Å². The van der Waals surface area contributed by atoms with E-state index < -0.39 is 0 Å². The average molecular weight is 146 g/mol. The zero-order valence-corrected chi connectivity index (χ0v) is 7.39. The van der Waals surface area contributed by atoms with Crippen LogP contribution in [0.5, 0.6) is 0 Å². The minimum Gasteiger partial charge on any atom is -0.353 e. The highest BCUT2D eigenvalue weighted by molar-refractivity contribution is 4.38. The molecule has 0 N–H and O–H groups in total. The summed E-state index contributed by atoms with van der Waals surface area (Å²) >= 11 is 0. The zero-order valence-electron chi connectivity index (χ0n) is 7.39. The molecule has 10 heavy (non-hydrogen) atoms. The van der Waals surface area contributed by atoms with Crippen molar-refractivity contribution in [3.05, 3.63) is 0 Å². The van der Waals surface area contributed by atoms with Crippen LogP contribution in [0.4, 0.5) is 0 Å². The minimum absolute atomic E-state index is 0.0556. The average Bonchev–Trinajstić information content (AvgIpc) is 1.82. The van der Waals surface area contributed by atoms with Gasteiger partial charge in [-0.05, 0) is 27.2 Å². The van der Waals surface area contributed by atoms with E-state index in [1.807, 2.05) is 20.8 Å². The molecule has 0 aromatic carbocycles. The lowest BCUT2D eigenvalue weighted by Gasteiger charge is -2.15. The monoisotopic (exact) mass is 146 g/mol. The van der Waals surface area contributed by atoms with E-state index in [1.165, 1.54) is 0 Å². The van der Waals surface area contributed by atoms with Gasteiger partial charge in [0.15, 0.2) is 6.29 Å². The Morgan fingerprint density at radius 3 is 2.20 bits per heavy atom. The van der Waals surface area contributed by atoms with Gasteiger partial charge in [0.05, 0.1) is 6.10 Å². The highest BCUT2D eigenvalue weighted by atomic mass is 16.7. The van der Waals surface area contributed by atoms with Gasteiger partial charge in [0.2, 0.25) is 0 Å². The fraction of sp³-hybridized carbons (Fsp3) is 1.00. The molecule has 0 heterocycles. The van der Waals surface area contributed by atoms with Crippen molar-refractivity contribution in [1.29, 1.82) is 0 Å². The van der Waals surface area contributed by atoms with E-state index in [0.717, 1.165) is 13.0 Å². The quantitative estimate of drug-likeness (QED) is 0.553. The molecule has 0 aromatic rings. The third kappa shape index (κ3) is 6.05. The summed E-state index contributed by atoms with van der Waals surface area (Å²) < 4.78 is 10.6. The Hall–Kier alpha value is -0.0800. The highest BCUT2D eigenvalue weighted by Gasteiger charge is 2.02. The Morgan fingerprint density at radius 2 is 1.80 bits per heavy atom. The van der Waals surface area contributed by atoms with E-state index in [-0.39, 0.29) is 12.4 Å². The van der Waals surface area contributed by atoms with Crippen LogP contribution in [0.3, 0.4) is 0 Å². The molecule has 0 aromatic heterocycles. The lowest BCUT2D eigenvalue weighted by molar-refractivity contribution is -0.151. The Kier molecular flexibility index (Phi) is 5.64. The Balaban J connectivity index is 3.16. The lowest BCUT2D eigenvalue weighted by atomic mass is 10.5. The fourth-order valence-electron chi connectivity index (χ4n) is 0.706. The molecule has 0 amide bonds. The molecule has 0 aliphatic rings. The van der Waals surface area contributed by atoms with Crippen molar-refractivity contribution in [1.82, 2.24) is 0 Å². The van der Waals surface area contributed by atoms with Crippen molar-refractivity contribution < 1.29 is 9.47 Å². The molecule has 0 bridgehead atoms. The maximum atomic E-state index is 5.33. The molecule has 0 spiro atoms. The largest absolute Gasteiger partial charge is 0.353 e. The first-order chi connectivity index (χ1) is 4.66. The van der Waals surface area contributed by atoms with Crippen LogP contribution in [-0.2, 0) is 9.47 Å². The Bertz CT molecular complexity index is 71.7. The predicted octanol–water partition coefficient (Wildman–Crippen LogP) is 2.18. The van der Waals surface area contributed by atoms with Gasteiger partial charge >= 0.3 is 0 Å². The molecule has 0 saturated heterocycles. The van der Waals surface area contributed by atoms with E-state index >= 15 is 0 Å². The Labute approximate surface area is 63.5 Å². The van der Waals surface area contributed by atoms with Gasteiger partial charge in [-0.15, -0.1) is 0 Å². The van der Waals surface area contributed by atoms with Crippen LogP contribution in [0.1, 0.15) is 34.1 Å². The molecule has 2 heteroatoms. The van der Waals surface area contributed by atoms with Crippen LogP contribution in [0, 0.1) is 0 Å². The molecule has 0 rings (SSSR count). The van der Waals surface area contributed by atoms with Crippen LogP contribution < -0.4 is 0 Å². The highest BCUT2D eigenvalue weighted by Crippen LogP contribution is 1.98. The summed E-state index contributed by atoms with van der Waals surface area (Å²) in [5, 5.41) is 0. The SMILES string of the molecule is CCCOC(C)OC(C)C. The van der Waals surface area contributed by atoms with Gasteiger partial charge in [-0.25, -0.2) is 0 Å². The molecule has 1 unspecified atom stereocenters. The summed E-state index contributed by atoms with van der Waals surface area (Å²) in [6.45, 7) is 8.81. The molecule has 0 saturated carbocycles. The maximum Gasteiger partial charge on any atom is 0.155 e. The van der Waals surface area contributed by atoms with E-state index in [9.17, 15) is 0 Å². The summed E-state index contributed by atoms with van der Waals surface area (Å²) in [6, 6.07) is 0. The van der Waals surface area contributed by atoms with Crippen molar-refractivity contribution in [3.8, 4) is 0 Å². The van der Waals surface area contributed by atoms with Gasteiger partial charge in [-0.3, -0.25) is 0 Å². The molecule has 2 nitrogen and oxygen atoms in total. The molecular weight excluding hydrogens is 128 g/mol. The van der Waals surface area contributed by atoms with Crippen LogP contribution in [0.25, 0.3) is 0 Å². The molecule has 62 valence electrons. The normalized spacial score (nSPS) is 14.1. The topological polar surface area (TPSA) is 18.5 Å². The second kappa shape index (κ2) is 5.69. The van der Waals surface area contributed by atoms with Crippen LogP contribution >= 0.6 is 0 Å². The Morgan fingerprint density at radius 1 is 1.20 bits per heavy atom. The summed E-state index contributed by atoms with van der Waals surface area (Å²) in [7, 11) is 0. The lowest BCUT2D eigenvalue weighted by Crippen LogP contribution is -2.17. The summed E-state index contributed by atoms with van der Waals surface area (Å²) in [6.07, 6.45) is 1.25. The van der Waals surface area contributed by atoms with Gasteiger partial charge in [-0.2, -0.15) is 0 Å². The van der Waals surface area contributed by atoms with Gasteiger partial charge in [0.1, 0.15) is 0 Å². The summed E-state index contributed by atoms with van der Waals surface area (Å²) in [5.74, 6) is 0. The number of hydrogen-bond donors (Lipinski definition) is 0. The zero-order chi connectivity index (χ0) is 7.98. The van der Waals surface area contributed by atoms with E-state index in [4.69, 9.17) is 9.47 Å². The second-order valence-corrected chi connectivity index (χ2v) is 2.62. The molecule has 0 aliphatic carbocycles. The van der Waals surface area contributed by atoms with E-state index in [0.29, 0.717) is 0 Å². The van der Waals surface area contributed by atoms with Gasteiger partial charge in [0, 0.05) is 6.61 Å².